The van der Waals surface area contributed by atoms with Gasteiger partial charge >= 0.3 is 5.97 Å². The van der Waals surface area contributed by atoms with Gasteiger partial charge in [0.05, 0.1) is 13.0 Å². The van der Waals surface area contributed by atoms with Crippen LogP contribution in [0.5, 0.6) is 0 Å². The van der Waals surface area contributed by atoms with Gasteiger partial charge in [-0.05, 0) is 91.2 Å². The van der Waals surface area contributed by atoms with Crippen LogP contribution >= 0.6 is 11.8 Å². The molecule has 0 aliphatic carbocycles. The van der Waals surface area contributed by atoms with Gasteiger partial charge in [0.2, 0.25) is 0 Å². The van der Waals surface area contributed by atoms with Crippen molar-refractivity contribution in [2.75, 3.05) is 12.4 Å². The highest BCUT2D eigenvalue weighted by atomic mass is 32.2. The zero-order chi connectivity index (χ0) is 24.4. The summed E-state index contributed by atoms with van der Waals surface area (Å²) in [6, 6.07) is 12.9. The first-order valence-corrected chi connectivity index (χ1v) is 14.1. The lowest BCUT2D eigenvalue weighted by Gasteiger charge is -2.38. The van der Waals surface area contributed by atoms with E-state index in [9.17, 15) is 4.79 Å². The number of esters is 1. The lowest BCUT2D eigenvalue weighted by atomic mass is 9.72. The molecule has 2 nitrogen and oxygen atoms in total. The molecule has 0 saturated heterocycles. The van der Waals surface area contributed by atoms with E-state index in [0.29, 0.717) is 13.0 Å². The molecule has 0 fully saturated rings. The molecule has 182 valence electrons. The highest BCUT2D eigenvalue weighted by molar-refractivity contribution is 7.99. The molecule has 3 heteroatoms. The van der Waals surface area contributed by atoms with Crippen molar-refractivity contribution in [3.05, 3.63) is 64.2 Å². The van der Waals surface area contributed by atoms with Crippen molar-refractivity contribution in [3.63, 3.8) is 0 Å². The van der Waals surface area contributed by atoms with Gasteiger partial charge in [-0.2, -0.15) is 0 Å². The van der Waals surface area contributed by atoms with Crippen molar-refractivity contribution in [2.45, 2.75) is 95.8 Å². The van der Waals surface area contributed by atoms with Crippen molar-refractivity contribution in [3.8, 4) is 11.8 Å². The van der Waals surface area contributed by atoms with Gasteiger partial charge < -0.3 is 4.74 Å². The molecular weight excluding hydrogens is 436 g/mol. The van der Waals surface area contributed by atoms with Crippen molar-refractivity contribution in [1.29, 1.82) is 0 Å². The van der Waals surface area contributed by atoms with Crippen molar-refractivity contribution >= 4 is 17.7 Å². The molecule has 0 radical (unpaired) electrons. The largest absolute Gasteiger partial charge is 0.466 e. The highest BCUT2D eigenvalue weighted by Gasteiger charge is 2.34. The Labute approximate surface area is 211 Å². The molecule has 0 N–H and O–H groups in total. The Balaban J connectivity index is 1.90. The van der Waals surface area contributed by atoms with E-state index in [1.54, 1.807) is 0 Å². The number of carbonyl (C=O) groups is 1. The Morgan fingerprint density at radius 1 is 1.00 bits per heavy atom. The first-order chi connectivity index (χ1) is 16.5. The van der Waals surface area contributed by atoms with E-state index in [-0.39, 0.29) is 11.4 Å². The molecule has 0 unspecified atom stereocenters. The average Bonchev–Trinajstić information content (AvgIpc) is 2.86. The predicted molar refractivity (Wildman–Crippen MR) is 145 cm³/mol. The summed E-state index contributed by atoms with van der Waals surface area (Å²) in [6.45, 7) is 9.19. The maximum Gasteiger partial charge on any atom is 0.310 e. The molecule has 0 aromatic heterocycles. The van der Waals surface area contributed by atoms with Crippen LogP contribution in [0.3, 0.4) is 0 Å². The lowest BCUT2D eigenvalue weighted by molar-refractivity contribution is -0.142. The van der Waals surface area contributed by atoms with E-state index in [0.717, 1.165) is 17.5 Å². The first kappa shape index (κ1) is 26.4. The predicted octanol–water partition coefficient (Wildman–Crippen LogP) is 7.87. The summed E-state index contributed by atoms with van der Waals surface area (Å²) in [6.07, 6.45) is 10.1. The summed E-state index contributed by atoms with van der Waals surface area (Å²) in [7, 11) is 0. The van der Waals surface area contributed by atoms with Crippen LogP contribution in [0, 0.1) is 11.8 Å². The third kappa shape index (κ3) is 6.70. The molecule has 1 aliphatic heterocycles. The standard InChI is InChI=1S/C31H40O2S/c1-5-9-10-11-12-26-23-29-28(31(6-2,7-3)19-20-34-29)22-27(26)18-17-24-13-15-25(16-14-24)21-30(32)33-8-4/h13-16,22-23H,5-12,19-21H2,1-4H3. The van der Waals surface area contributed by atoms with Gasteiger partial charge in [-0.25, -0.2) is 0 Å². The normalized spacial score (nSPS) is 14.1. The number of carbonyl (C=O) groups excluding carboxylic acids is 1. The minimum Gasteiger partial charge on any atom is -0.466 e. The van der Waals surface area contributed by atoms with E-state index >= 15 is 0 Å². The molecule has 1 aliphatic rings. The zero-order valence-electron chi connectivity index (χ0n) is 21.5. The summed E-state index contributed by atoms with van der Waals surface area (Å²) in [5, 5.41) is 0. The Morgan fingerprint density at radius 3 is 2.44 bits per heavy atom. The third-order valence-corrected chi connectivity index (χ3v) is 8.27. The van der Waals surface area contributed by atoms with Crippen LogP contribution in [0.4, 0.5) is 0 Å². The fraction of sp³-hybridized carbons (Fsp3) is 0.516. The number of hydrogen-bond donors (Lipinski definition) is 0. The van der Waals surface area contributed by atoms with E-state index < -0.39 is 0 Å². The fourth-order valence-corrected chi connectivity index (χ4v) is 6.29. The van der Waals surface area contributed by atoms with Gasteiger partial charge in [0.15, 0.2) is 0 Å². The Bertz CT molecular complexity index is 1010. The molecule has 2 aromatic rings. The maximum atomic E-state index is 11.7. The number of aryl methyl sites for hydroxylation is 1. The number of hydrogen-bond acceptors (Lipinski definition) is 3. The van der Waals surface area contributed by atoms with Crippen LogP contribution < -0.4 is 0 Å². The molecule has 0 saturated carbocycles. The molecule has 2 aromatic carbocycles. The van der Waals surface area contributed by atoms with Gasteiger partial charge in [-0.1, -0.05) is 64.0 Å². The van der Waals surface area contributed by atoms with Crippen molar-refractivity contribution < 1.29 is 9.53 Å². The van der Waals surface area contributed by atoms with E-state index in [2.05, 4.69) is 44.7 Å². The molecular formula is C31H40O2S. The second-order valence-corrected chi connectivity index (χ2v) is 10.5. The molecule has 3 rings (SSSR count). The summed E-state index contributed by atoms with van der Waals surface area (Å²) >= 11 is 2.03. The van der Waals surface area contributed by atoms with Gasteiger partial charge in [0.1, 0.15) is 0 Å². The molecule has 0 amide bonds. The summed E-state index contributed by atoms with van der Waals surface area (Å²) < 4.78 is 5.05. The second-order valence-electron chi connectivity index (χ2n) is 9.33. The molecule has 0 spiro atoms. The molecule has 0 atom stereocenters. The third-order valence-electron chi connectivity index (χ3n) is 7.22. The number of ether oxygens (including phenoxy) is 1. The van der Waals surface area contributed by atoms with Gasteiger partial charge in [-0.15, -0.1) is 11.8 Å². The Hall–Kier alpha value is -2.18. The highest BCUT2D eigenvalue weighted by Crippen LogP contribution is 2.47. The summed E-state index contributed by atoms with van der Waals surface area (Å²) in [5.74, 6) is 7.97. The molecule has 0 bridgehead atoms. The average molecular weight is 477 g/mol. The number of fused-ring (bicyclic) bond motifs is 1. The smallest absolute Gasteiger partial charge is 0.310 e. The fourth-order valence-electron chi connectivity index (χ4n) is 4.92. The van der Waals surface area contributed by atoms with E-state index in [1.165, 1.54) is 72.3 Å². The van der Waals surface area contributed by atoms with Crippen LogP contribution in [0.15, 0.2) is 41.3 Å². The Morgan fingerprint density at radius 2 is 1.76 bits per heavy atom. The quantitative estimate of drug-likeness (QED) is 0.198. The molecule has 34 heavy (non-hydrogen) atoms. The van der Waals surface area contributed by atoms with Crippen molar-refractivity contribution in [1.82, 2.24) is 0 Å². The van der Waals surface area contributed by atoms with E-state index in [1.807, 2.05) is 43.0 Å². The van der Waals surface area contributed by atoms with Gasteiger partial charge in [0.25, 0.3) is 0 Å². The maximum absolute atomic E-state index is 11.7. The van der Waals surface area contributed by atoms with E-state index in [4.69, 9.17) is 4.74 Å². The van der Waals surface area contributed by atoms with Crippen LogP contribution in [-0.2, 0) is 27.8 Å². The number of rotatable bonds is 10. The van der Waals surface area contributed by atoms with Crippen molar-refractivity contribution in [2.24, 2.45) is 0 Å². The Kier molecular flexibility index (Phi) is 10.1. The number of benzene rings is 2. The second kappa shape index (κ2) is 13.1. The van der Waals surface area contributed by atoms with Crippen LogP contribution in [0.25, 0.3) is 0 Å². The minimum atomic E-state index is -0.184. The summed E-state index contributed by atoms with van der Waals surface area (Å²) in [5.41, 5.74) is 6.33. The minimum absolute atomic E-state index is 0.184. The van der Waals surface area contributed by atoms with Crippen LogP contribution in [-0.4, -0.2) is 18.3 Å². The van der Waals surface area contributed by atoms with Crippen LogP contribution in [0.2, 0.25) is 0 Å². The lowest BCUT2D eigenvalue weighted by Crippen LogP contribution is -2.29. The monoisotopic (exact) mass is 476 g/mol. The zero-order valence-corrected chi connectivity index (χ0v) is 22.3. The number of unbranched alkanes of at least 4 members (excludes halogenated alkanes) is 3. The topological polar surface area (TPSA) is 26.3 Å². The van der Waals surface area contributed by atoms with Gasteiger partial charge in [-0.3, -0.25) is 4.79 Å². The first-order valence-electron chi connectivity index (χ1n) is 13.1. The molecule has 1 heterocycles. The van der Waals surface area contributed by atoms with Crippen LogP contribution in [0.1, 0.15) is 100 Å². The van der Waals surface area contributed by atoms with Gasteiger partial charge in [0, 0.05) is 16.0 Å². The SMILES string of the molecule is CCCCCCc1cc2c(cc1C#Cc1ccc(CC(=O)OCC)cc1)C(CC)(CC)CCS2. The number of thioether (sulfide) groups is 1. The summed E-state index contributed by atoms with van der Waals surface area (Å²) in [4.78, 5) is 13.2.